The zero-order valence-corrected chi connectivity index (χ0v) is 15.7. The highest BCUT2D eigenvalue weighted by Crippen LogP contribution is 2.27. The number of hydrogen-bond donors (Lipinski definition) is 0. The van der Waals surface area contributed by atoms with Gasteiger partial charge in [0, 0.05) is 25.9 Å². The van der Waals surface area contributed by atoms with Gasteiger partial charge in [-0.25, -0.2) is 4.98 Å². The molecule has 1 amide bonds. The fourth-order valence-electron chi connectivity index (χ4n) is 2.40. The molecular weight excluding hydrogens is 377 g/mol. The van der Waals surface area contributed by atoms with Gasteiger partial charge >= 0.3 is 6.18 Å². The van der Waals surface area contributed by atoms with E-state index in [0.717, 1.165) is 5.56 Å². The van der Waals surface area contributed by atoms with Crippen molar-refractivity contribution >= 4 is 5.91 Å². The number of methoxy groups -OCH3 is 2. The highest BCUT2D eigenvalue weighted by molar-refractivity contribution is 5.93. The summed E-state index contributed by atoms with van der Waals surface area (Å²) in [6, 6.07) is 8.13. The fourth-order valence-corrected chi connectivity index (χ4v) is 2.40. The largest absolute Gasteiger partial charge is 0.493 e. The van der Waals surface area contributed by atoms with Crippen molar-refractivity contribution in [3.05, 3.63) is 47.7 Å². The number of halogens is 3. The molecule has 0 aliphatic heterocycles. The first-order valence-corrected chi connectivity index (χ1v) is 8.35. The Bertz CT molecular complexity index is 795. The maximum Gasteiger partial charge on any atom is 0.422 e. The smallest absolute Gasteiger partial charge is 0.422 e. The van der Waals surface area contributed by atoms with E-state index in [0.29, 0.717) is 24.5 Å². The summed E-state index contributed by atoms with van der Waals surface area (Å²) in [5.41, 5.74) is 1.22. The summed E-state index contributed by atoms with van der Waals surface area (Å²) >= 11 is 0. The summed E-state index contributed by atoms with van der Waals surface area (Å²) in [4.78, 5) is 17.7. The second-order valence-corrected chi connectivity index (χ2v) is 5.96. The Labute approximate surface area is 160 Å². The van der Waals surface area contributed by atoms with E-state index in [1.165, 1.54) is 23.2 Å². The minimum Gasteiger partial charge on any atom is -0.493 e. The van der Waals surface area contributed by atoms with E-state index in [4.69, 9.17) is 9.47 Å². The predicted molar refractivity (Wildman–Crippen MR) is 96.0 cm³/mol. The van der Waals surface area contributed by atoms with Crippen LogP contribution in [0.4, 0.5) is 13.2 Å². The second kappa shape index (κ2) is 9.29. The highest BCUT2D eigenvalue weighted by Gasteiger charge is 2.28. The first-order chi connectivity index (χ1) is 13.2. The predicted octanol–water partition coefficient (Wildman–Crippen LogP) is 3.35. The van der Waals surface area contributed by atoms with Gasteiger partial charge in [0.2, 0.25) is 5.88 Å². The van der Waals surface area contributed by atoms with Gasteiger partial charge in [0.15, 0.2) is 18.1 Å². The molecule has 0 saturated heterocycles. The molecule has 0 aliphatic carbocycles. The maximum atomic E-state index is 12.4. The average molecular weight is 398 g/mol. The van der Waals surface area contributed by atoms with E-state index in [9.17, 15) is 18.0 Å². The molecule has 0 unspecified atom stereocenters. The van der Waals surface area contributed by atoms with Crippen molar-refractivity contribution in [2.75, 3.05) is 34.4 Å². The van der Waals surface area contributed by atoms with Gasteiger partial charge in [0.1, 0.15) is 0 Å². The quantitative estimate of drug-likeness (QED) is 0.683. The lowest BCUT2D eigenvalue weighted by molar-refractivity contribution is -0.154. The monoisotopic (exact) mass is 398 g/mol. The third-order valence-corrected chi connectivity index (χ3v) is 3.90. The molecule has 2 rings (SSSR count). The highest BCUT2D eigenvalue weighted by atomic mass is 19.4. The third kappa shape index (κ3) is 6.04. The van der Waals surface area contributed by atoms with Crippen LogP contribution in [-0.4, -0.2) is 56.4 Å². The lowest BCUT2D eigenvalue weighted by Crippen LogP contribution is -2.29. The van der Waals surface area contributed by atoms with Crippen molar-refractivity contribution in [3.8, 4) is 17.4 Å². The van der Waals surface area contributed by atoms with E-state index >= 15 is 0 Å². The molecule has 0 saturated carbocycles. The van der Waals surface area contributed by atoms with Crippen LogP contribution in [0.2, 0.25) is 0 Å². The van der Waals surface area contributed by atoms with E-state index in [2.05, 4.69) is 9.72 Å². The number of carbonyl (C=O) groups excluding carboxylic acids is 1. The number of carbonyl (C=O) groups is 1. The number of hydrogen-bond acceptors (Lipinski definition) is 5. The van der Waals surface area contributed by atoms with Crippen LogP contribution in [0.15, 0.2) is 36.5 Å². The number of likely N-dealkylation sites (N-methyl/N-ethyl adjacent to an activating group) is 1. The SMILES string of the molecule is COc1ccc(CCN(C)C(=O)c2ccc(OCC(F)(F)F)nc2)cc1OC. The molecule has 0 bridgehead atoms. The maximum absolute atomic E-state index is 12.4. The Morgan fingerprint density at radius 3 is 2.39 bits per heavy atom. The molecule has 6 nitrogen and oxygen atoms in total. The van der Waals surface area contributed by atoms with Crippen LogP contribution in [0, 0.1) is 0 Å². The van der Waals surface area contributed by atoms with E-state index < -0.39 is 12.8 Å². The molecule has 152 valence electrons. The average Bonchev–Trinajstić information content (AvgIpc) is 2.69. The number of pyridine rings is 1. The zero-order valence-electron chi connectivity index (χ0n) is 15.7. The summed E-state index contributed by atoms with van der Waals surface area (Å²) in [6.45, 7) is -1.00. The summed E-state index contributed by atoms with van der Waals surface area (Å²) in [6.07, 6.45) is -2.66. The lowest BCUT2D eigenvalue weighted by Gasteiger charge is -2.18. The molecule has 0 aliphatic rings. The standard InChI is InChI=1S/C19H21F3N2O4/c1-24(9-8-13-4-6-15(26-2)16(10-13)27-3)18(25)14-5-7-17(23-11-14)28-12-19(20,21)22/h4-7,10-11H,8-9,12H2,1-3H3. The van der Waals surface area contributed by atoms with Gasteiger partial charge < -0.3 is 19.1 Å². The summed E-state index contributed by atoms with van der Waals surface area (Å²) in [5, 5.41) is 0. The number of ether oxygens (including phenoxy) is 3. The molecule has 0 N–H and O–H groups in total. The lowest BCUT2D eigenvalue weighted by atomic mass is 10.1. The van der Waals surface area contributed by atoms with Crippen LogP contribution < -0.4 is 14.2 Å². The van der Waals surface area contributed by atoms with E-state index in [1.807, 2.05) is 12.1 Å². The Hall–Kier alpha value is -2.97. The van der Waals surface area contributed by atoms with E-state index in [1.54, 1.807) is 27.3 Å². The Balaban J connectivity index is 1.93. The summed E-state index contributed by atoms with van der Waals surface area (Å²) in [7, 11) is 4.74. The van der Waals surface area contributed by atoms with Gasteiger partial charge in [-0.3, -0.25) is 4.79 Å². The molecule has 1 aromatic heterocycles. The minimum absolute atomic E-state index is 0.193. The van der Waals surface area contributed by atoms with E-state index in [-0.39, 0.29) is 17.4 Å². The Morgan fingerprint density at radius 1 is 1.11 bits per heavy atom. The first kappa shape index (κ1) is 21.3. The number of aromatic nitrogens is 1. The van der Waals surface area contributed by atoms with Crippen molar-refractivity contribution < 1.29 is 32.2 Å². The van der Waals surface area contributed by atoms with Gasteiger partial charge in [-0.15, -0.1) is 0 Å². The number of rotatable bonds is 8. The van der Waals surface area contributed by atoms with Crippen LogP contribution in [0.25, 0.3) is 0 Å². The molecule has 1 aromatic carbocycles. The van der Waals surface area contributed by atoms with Gasteiger partial charge in [-0.1, -0.05) is 6.07 Å². The second-order valence-electron chi connectivity index (χ2n) is 5.96. The third-order valence-electron chi connectivity index (χ3n) is 3.90. The van der Waals surface area contributed by atoms with Crippen molar-refractivity contribution in [1.82, 2.24) is 9.88 Å². The molecule has 0 radical (unpaired) electrons. The topological polar surface area (TPSA) is 60.9 Å². The van der Waals surface area contributed by atoms with Crippen LogP contribution in [-0.2, 0) is 6.42 Å². The number of nitrogens with zero attached hydrogens (tertiary/aromatic N) is 2. The molecule has 0 atom stereocenters. The van der Waals surface area contributed by atoms with Crippen LogP contribution in [0.5, 0.6) is 17.4 Å². The van der Waals surface area contributed by atoms with Crippen molar-refractivity contribution in [3.63, 3.8) is 0 Å². The molecule has 2 aromatic rings. The molecular formula is C19H21F3N2O4. The first-order valence-electron chi connectivity index (χ1n) is 8.35. The van der Waals surface area contributed by atoms with Crippen molar-refractivity contribution in [2.24, 2.45) is 0 Å². The van der Waals surface area contributed by atoms with Crippen molar-refractivity contribution in [2.45, 2.75) is 12.6 Å². The van der Waals surface area contributed by atoms with Gasteiger partial charge in [0.05, 0.1) is 19.8 Å². The van der Waals surface area contributed by atoms with Crippen molar-refractivity contribution in [1.29, 1.82) is 0 Å². The number of benzene rings is 1. The van der Waals surface area contributed by atoms with Crippen LogP contribution in [0.1, 0.15) is 15.9 Å². The molecule has 28 heavy (non-hydrogen) atoms. The molecule has 9 heteroatoms. The van der Waals surface area contributed by atoms with Gasteiger partial charge in [0.25, 0.3) is 5.91 Å². The minimum atomic E-state index is -4.44. The number of alkyl halides is 3. The molecule has 1 heterocycles. The van der Waals surface area contributed by atoms with Crippen LogP contribution >= 0.6 is 0 Å². The summed E-state index contributed by atoms with van der Waals surface area (Å²) in [5.74, 6) is 0.736. The van der Waals surface area contributed by atoms with Gasteiger partial charge in [-0.05, 0) is 30.2 Å². The zero-order chi connectivity index (χ0) is 20.7. The van der Waals surface area contributed by atoms with Crippen LogP contribution in [0.3, 0.4) is 0 Å². The molecule has 0 fully saturated rings. The van der Waals surface area contributed by atoms with Gasteiger partial charge in [-0.2, -0.15) is 13.2 Å². The summed E-state index contributed by atoms with van der Waals surface area (Å²) < 4.78 is 51.4. The fraction of sp³-hybridized carbons (Fsp3) is 0.368. The number of amides is 1. The Morgan fingerprint density at radius 2 is 1.82 bits per heavy atom. The normalized spacial score (nSPS) is 11.1. The molecule has 0 spiro atoms. The Kier molecular flexibility index (Phi) is 7.08.